The predicted octanol–water partition coefficient (Wildman–Crippen LogP) is 4.48. The third-order valence-electron chi connectivity index (χ3n) is 5.21. The highest BCUT2D eigenvalue weighted by atomic mass is 16.3. The molecule has 210 valence electrons. The topological polar surface area (TPSA) is 79.2 Å². The Bertz CT molecular complexity index is 407. The number of hydrogen-bond donors (Lipinski definition) is 4. The highest BCUT2D eigenvalue weighted by molar-refractivity contribution is 4.66. The summed E-state index contributed by atoms with van der Waals surface area (Å²) in [4.78, 5) is 4.25. The summed E-state index contributed by atoms with van der Waals surface area (Å²) in [6.07, 6.45) is 4.79. The second kappa shape index (κ2) is 22.0. The monoisotopic (exact) mass is 492 g/mol. The zero-order chi connectivity index (χ0) is 27.3. The molecule has 0 aromatic heterocycles. The van der Waals surface area contributed by atoms with Crippen molar-refractivity contribution in [3.05, 3.63) is 0 Å². The average molecular weight is 492 g/mol. The maximum atomic E-state index is 8.77. The predicted molar refractivity (Wildman–Crippen MR) is 151 cm³/mol. The van der Waals surface area contributed by atoms with Crippen LogP contribution in [0.5, 0.6) is 0 Å². The second-order valence-electron chi connectivity index (χ2n) is 13.0. The smallest absolute Gasteiger partial charge is 0.0558 e. The molecule has 0 unspecified atom stereocenters. The van der Waals surface area contributed by atoms with Crippen molar-refractivity contribution in [3.8, 4) is 0 Å². The van der Waals surface area contributed by atoms with Crippen molar-refractivity contribution in [1.82, 2.24) is 15.1 Å². The zero-order valence-corrected chi connectivity index (χ0v) is 25.1. The standard InChI is InChI=1S/C10H23NO2.C9H21NO.C9H21N/c1-10(2,3)4-5-11(6-8-12)7-9-13;1-9(2,3)5-6-10(4)7-8-11;1-5-7-10-8-6-9(2,3)4/h12-13H,4-9H2,1-3H3;11H,5-8H2,1-4H3;10H,5-8H2,1-4H3. The van der Waals surface area contributed by atoms with Gasteiger partial charge in [0.2, 0.25) is 0 Å². The van der Waals surface area contributed by atoms with Crippen molar-refractivity contribution < 1.29 is 15.3 Å². The summed E-state index contributed by atoms with van der Waals surface area (Å²) in [7, 11) is 2.04. The highest BCUT2D eigenvalue weighted by Gasteiger charge is 2.13. The average Bonchev–Trinajstić information content (AvgIpc) is 2.68. The summed E-state index contributed by atoms with van der Waals surface area (Å²) in [6.45, 7) is 29.4. The fourth-order valence-corrected chi connectivity index (χ4v) is 2.69. The molecule has 6 nitrogen and oxygen atoms in total. The Morgan fingerprint density at radius 1 is 0.559 bits per heavy atom. The zero-order valence-electron chi connectivity index (χ0n) is 25.1. The van der Waals surface area contributed by atoms with Crippen LogP contribution in [0.4, 0.5) is 0 Å². The Morgan fingerprint density at radius 2 is 0.971 bits per heavy atom. The van der Waals surface area contributed by atoms with Crippen molar-refractivity contribution >= 4 is 0 Å². The fourth-order valence-electron chi connectivity index (χ4n) is 2.69. The Hall–Kier alpha value is -0.240. The van der Waals surface area contributed by atoms with E-state index in [9.17, 15) is 0 Å². The third-order valence-corrected chi connectivity index (χ3v) is 5.21. The van der Waals surface area contributed by atoms with Gasteiger partial charge in [-0.1, -0.05) is 69.2 Å². The van der Waals surface area contributed by atoms with Crippen LogP contribution in [0.25, 0.3) is 0 Å². The van der Waals surface area contributed by atoms with Gasteiger partial charge in [-0.3, -0.25) is 4.90 Å². The van der Waals surface area contributed by atoms with E-state index in [1.54, 1.807) is 0 Å². The summed E-state index contributed by atoms with van der Waals surface area (Å²) >= 11 is 0. The minimum absolute atomic E-state index is 0.171. The van der Waals surface area contributed by atoms with E-state index in [0.29, 0.717) is 29.3 Å². The molecule has 0 heterocycles. The van der Waals surface area contributed by atoms with Gasteiger partial charge in [0.15, 0.2) is 0 Å². The molecule has 0 bridgehead atoms. The van der Waals surface area contributed by atoms with Crippen molar-refractivity contribution in [2.24, 2.45) is 16.2 Å². The molecule has 0 aliphatic heterocycles. The van der Waals surface area contributed by atoms with Gasteiger partial charge in [-0.15, -0.1) is 0 Å². The Balaban J connectivity index is -0.000000428. The number of nitrogens with zero attached hydrogens (tertiary/aromatic N) is 2. The van der Waals surface area contributed by atoms with Gasteiger partial charge in [0.25, 0.3) is 0 Å². The third kappa shape index (κ3) is 39.0. The van der Waals surface area contributed by atoms with E-state index in [-0.39, 0.29) is 19.8 Å². The quantitative estimate of drug-likeness (QED) is 0.268. The van der Waals surface area contributed by atoms with Gasteiger partial charge < -0.3 is 25.5 Å². The molecule has 0 spiro atoms. The van der Waals surface area contributed by atoms with E-state index in [4.69, 9.17) is 15.3 Å². The lowest BCUT2D eigenvalue weighted by Crippen LogP contribution is -2.32. The van der Waals surface area contributed by atoms with Crippen molar-refractivity contribution in [2.75, 3.05) is 72.7 Å². The lowest BCUT2D eigenvalue weighted by atomic mass is 9.92. The van der Waals surface area contributed by atoms with Crippen LogP contribution >= 0.6 is 0 Å². The second-order valence-corrected chi connectivity index (χ2v) is 13.0. The van der Waals surface area contributed by atoms with E-state index in [1.165, 1.54) is 19.3 Å². The first-order chi connectivity index (χ1) is 15.5. The molecule has 6 heteroatoms. The number of hydrogen-bond acceptors (Lipinski definition) is 6. The molecule has 0 aromatic rings. The van der Waals surface area contributed by atoms with E-state index in [2.05, 4.69) is 84.4 Å². The molecule has 0 rings (SSSR count). The molecule has 0 fully saturated rings. The molecule has 0 atom stereocenters. The van der Waals surface area contributed by atoms with Gasteiger partial charge in [0.05, 0.1) is 19.8 Å². The van der Waals surface area contributed by atoms with E-state index in [1.807, 2.05) is 7.05 Å². The van der Waals surface area contributed by atoms with Crippen LogP contribution in [0.3, 0.4) is 0 Å². The normalized spacial score (nSPS) is 12.4. The van der Waals surface area contributed by atoms with Gasteiger partial charge in [0.1, 0.15) is 0 Å². The molecular weight excluding hydrogens is 426 g/mol. The minimum Gasteiger partial charge on any atom is -0.395 e. The van der Waals surface area contributed by atoms with E-state index >= 15 is 0 Å². The van der Waals surface area contributed by atoms with E-state index in [0.717, 1.165) is 39.1 Å². The van der Waals surface area contributed by atoms with Gasteiger partial charge in [-0.2, -0.15) is 0 Å². The molecule has 0 aliphatic carbocycles. The first-order valence-corrected chi connectivity index (χ1v) is 13.5. The lowest BCUT2D eigenvalue weighted by Gasteiger charge is -2.25. The van der Waals surface area contributed by atoms with Crippen LogP contribution < -0.4 is 5.32 Å². The maximum absolute atomic E-state index is 8.77. The number of likely N-dealkylation sites (N-methyl/N-ethyl adjacent to an activating group) is 1. The number of rotatable bonds is 14. The summed E-state index contributed by atoms with van der Waals surface area (Å²) in [5, 5.41) is 29.6. The van der Waals surface area contributed by atoms with Crippen LogP contribution in [0.1, 0.15) is 94.9 Å². The summed E-state index contributed by atoms with van der Waals surface area (Å²) < 4.78 is 0. The van der Waals surface area contributed by atoms with Crippen LogP contribution in [0.15, 0.2) is 0 Å². The van der Waals surface area contributed by atoms with Gasteiger partial charge in [0, 0.05) is 19.6 Å². The molecular formula is C28H65N3O3. The SMILES string of the molecule is CC(C)(C)CCN(CCO)CCO.CCCNCCC(C)(C)C.CN(CCO)CCC(C)(C)C. The molecule has 0 radical (unpaired) electrons. The highest BCUT2D eigenvalue weighted by Crippen LogP contribution is 2.19. The first kappa shape index (κ1) is 38.3. The molecule has 0 saturated carbocycles. The summed E-state index contributed by atoms with van der Waals surface area (Å²) in [5.41, 5.74) is 1.22. The molecule has 0 amide bonds. The Morgan fingerprint density at radius 3 is 1.32 bits per heavy atom. The largest absolute Gasteiger partial charge is 0.395 e. The number of aliphatic hydroxyl groups excluding tert-OH is 3. The van der Waals surface area contributed by atoms with E-state index < -0.39 is 0 Å². The summed E-state index contributed by atoms with van der Waals surface area (Å²) in [6, 6.07) is 0. The lowest BCUT2D eigenvalue weighted by molar-refractivity contribution is 0.147. The molecule has 0 aliphatic rings. The van der Waals surface area contributed by atoms with Crippen molar-refractivity contribution in [2.45, 2.75) is 94.9 Å². The molecule has 4 N–H and O–H groups in total. The molecule has 0 aromatic carbocycles. The number of nitrogens with one attached hydrogen (secondary N) is 1. The van der Waals surface area contributed by atoms with Crippen molar-refractivity contribution in [3.63, 3.8) is 0 Å². The van der Waals surface area contributed by atoms with Gasteiger partial charge >= 0.3 is 0 Å². The maximum Gasteiger partial charge on any atom is 0.0558 e. The van der Waals surface area contributed by atoms with Crippen LogP contribution in [0, 0.1) is 16.2 Å². The minimum atomic E-state index is 0.171. The van der Waals surface area contributed by atoms with Crippen molar-refractivity contribution in [1.29, 1.82) is 0 Å². The Kier molecular flexibility index (Phi) is 24.8. The fraction of sp³-hybridized carbons (Fsp3) is 1.00. The van der Waals surface area contributed by atoms with Crippen LogP contribution in [-0.4, -0.2) is 97.8 Å². The summed E-state index contributed by atoms with van der Waals surface area (Å²) in [5.74, 6) is 0. The molecule has 0 saturated heterocycles. The number of aliphatic hydroxyl groups is 3. The van der Waals surface area contributed by atoms with Gasteiger partial charge in [-0.05, 0) is 75.2 Å². The molecule has 34 heavy (non-hydrogen) atoms. The van der Waals surface area contributed by atoms with Crippen LogP contribution in [-0.2, 0) is 0 Å². The Labute approximate surface area is 214 Å². The first-order valence-electron chi connectivity index (χ1n) is 13.5. The van der Waals surface area contributed by atoms with Crippen LogP contribution in [0.2, 0.25) is 0 Å². The van der Waals surface area contributed by atoms with Gasteiger partial charge in [-0.25, -0.2) is 0 Å².